The molecule has 176 valence electrons. The average Bonchev–Trinajstić information content (AvgIpc) is 2.76. The molecule has 0 saturated heterocycles. The molecule has 0 saturated carbocycles. The predicted octanol–water partition coefficient (Wildman–Crippen LogP) is 5.76. The molecule has 1 aliphatic rings. The van der Waals surface area contributed by atoms with E-state index < -0.39 is 8.15 Å². The van der Waals surface area contributed by atoms with Crippen LogP contribution < -0.4 is 19.3 Å². The van der Waals surface area contributed by atoms with Crippen molar-refractivity contribution < 1.29 is 14.0 Å². The van der Waals surface area contributed by atoms with Crippen molar-refractivity contribution in [3.63, 3.8) is 0 Å². The zero-order valence-corrected chi connectivity index (χ0v) is 22.3. The summed E-state index contributed by atoms with van der Waals surface area (Å²) in [6.45, 7) is 5.97. The van der Waals surface area contributed by atoms with Crippen molar-refractivity contribution >= 4 is 41.3 Å². The number of rotatable bonds is 7. The quantitative estimate of drug-likeness (QED) is 0.409. The summed E-state index contributed by atoms with van der Waals surface area (Å²) in [5.74, 6) is 2.54. The van der Waals surface area contributed by atoms with Gasteiger partial charge in [-0.05, 0) is 62.2 Å². The third-order valence-electron chi connectivity index (χ3n) is 5.02. The van der Waals surface area contributed by atoms with Crippen LogP contribution in [0.5, 0.6) is 23.1 Å². The zero-order chi connectivity index (χ0) is 22.7. The Kier molecular flexibility index (Phi) is 8.72. The average molecular weight is 507 g/mol. The van der Waals surface area contributed by atoms with Gasteiger partial charge in [0.15, 0.2) is 11.5 Å². The number of nitrogens with zero attached hydrogens (tertiary/aromatic N) is 3. The van der Waals surface area contributed by atoms with Crippen molar-refractivity contribution in [1.82, 2.24) is 14.9 Å². The number of aromatic nitrogens is 2. The van der Waals surface area contributed by atoms with Gasteiger partial charge in [-0.15, -0.1) is 0 Å². The first kappa shape index (κ1) is 25.5. The standard InChI is InChI=1S/C23H26ClN4O3P.H3P/c1-28-10-9-15-12-21(29-2)18(11-16(15)14-28)26-23-25-13-17(24)22(27-23)30-19-7-5-6-8-20(19)31-32(3)4;/h5-8,11-13H,9-10,14H2,1-4H3,(H,25,26,27);1H3. The molecule has 1 unspecified atom stereocenters. The van der Waals surface area contributed by atoms with Crippen molar-refractivity contribution in [3.8, 4) is 23.1 Å². The van der Waals surface area contributed by atoms with Crippen molar-refractivity contribution in [3.05, 3.63) is 58.7 Å². The fraction of sp³-hybridized carbons (Fsp3) is 0.304. The van der Waals surface area contributed by atoms with E-state index in [0.29, 0.717) is 22.5 Å². The molecule has 7 nitrogen and oxygen atoms in total. The minimum Gasteiger partial charge on any atom is -0.495 e. The van der Waals surface area contributed by atoms with Crippen LogP contribution in [0.3, 0.4) is 0 Å². The number of likely N-dealkylation sites (N-methyl/N-ethyl adjacent to an activating group) is 1. The van der Waals surface area contributed by atoms with Gasteiger partial charge in [0, 0.05) is 13.1 Å². The Hall–Kier alpha value is -2.17. The van der Waals surface area contributed by atoms with Crippen molar-refractivity contribution in [1.29, 1.82) is 0 Å². The van der Waals surface area contributed by atoms with Gasteiger partial charge in [0.2, 0.25) is 11.8 Å². The van der Waals surface area contributed by atoms with Crippen LogP contribution in [0.15, 0.2) is 42.6 Å². The molecule has 10 heteroatoms. The van der Waals surface area contributed by atoms with E-state index in [9.17, 15) is 0 Å². The molecule has 1 N–H and O–H groups in total. The molecule has 33 heavy (non-hydrogen) atoms. The number of benzene rings is 2. The highest BCUT2D eigenvalue weighted by atomic mass is 35.5. The minimum absolute atomic E-state index is 0. The van der Waals surface area contributed by atoms with E-state index in [-0.39, 0.29) is 15.8 Å². The van der Waals surface area contributed by atoms with Gasteiger partial charge in [-0.3, -0.25) is 0 Å². The maximum atomic E-state index is 6.33. The SMILES string of the molecule is COc1cc2c(cc1Nc1ncc(Cl)c(Oc3ccccc3OP(C)C)n1)CN(C)CC2.P. The van der Waals surface area contributed by atoms with Crippen LogP contribution in [-0.4, -0.2) is 48.9 Å². The van der Waals surface area contributed by atoms with Crippen LogP contribution >= 0.6 is 29.6 Å². The summed E-state index contributed by atoms with van der Waals surface area (Å²) < 4.78 is 17.5. The number of nitrogens with one attached hydrogen (secondary N) is 1. The molecule has 1 aliphatic heterocycles. The highest BCUT2D eigenvalue weighted by molar-refractivity contribution is 7.51. The topological polar surface area (TPSA) is 68.7 Å². The monoisotopic (exact) mass is 506 g/mol. The third-order valence-corrected chi connectivity index (χ3v) is 5.84. The summed E-state index contributed by atoms with van der Waals surface area (Å²) in [6.07, 6.45) is 2.51. The van der Waals surface area contributed by atoms with E-state index >= 15 is 0 Å². The summed E-state index contributed by atoms with van der Waals surface area (Å²) in [6, 6.07) is 11.6. The molecule has 1 aromatic heterocycles. The first-order valence-corrected chi connectivity index (χ1v) is 12.8. The highest BCUT2D eigenvalue weighted by Gasteiger charge is 2.18. The normalized spacial score (nSPS) is 13.2. The molecule has 0 amide bonds. The maximum absolute atomic E-state index is 6.33. The number of anilines is 2. The maximum Gasteiger partial charge on any atom is 0.243 e. The Morgan fingerprint density at radius 1 is 1.09 bits per heavy atom. The van der Waals surface area contributed by atoms with E-state index in [2.05, 4.69) is 39.4 Å². The van der Waals surface area contributed by atoms with Gasteiger partial charge in [0.1, 0.15) is 10.8 Å². The van der Waals surface area contributed by atoms with Crippen molar-refractivity contribution in [2.24, 2.45) is 0 Å². The molecular formula is C23H29ClN4O3P2. The first-order chi connectivity index (χ1) is 15.4. The summed E-state index contributed by atoms with van der Waals surface area (Å²) >= 11 is 6.33. The molecule has 0 spiro atoms. The van der Waals surface area contributed by atoms with Gasteiger partial charge in [-0.25, -0.2) is 4.98 Å². The van der Waals surface area contributed by atoms with Gasteiger partial charge < -0.3 is 24.2 Å². The summed E-state index contributed by atoms with van der Waals surface area (Å²) in [7, 11) is 3.17. The molecule has 0 fully saturated rings. The number of methoxy groups -OCH3 is 1. The van der Waals surface area contributed by atoms with Gasteiger partial charge in [0.25, 0.3) is 0 Å². The van der Waals surface area contributed by atoms with Crippen LogP contribution in [0.25, 0.3) is 0 Å². The van der Waals surface area contributed by atoms with Gasteiger partial charge in [0.05, 0.1) is 27.1 Å². The molecule has 2 heterocycles. The smallest absolute Gasteiger partial charge is 0.243 e. The third kappa shape index (κ3) is 6.24. The van der Waals surface area contributed by atoms with Crippen molar-refractivity contribution in [2.45, 2.75) is 13.0 Å². The number of hydrogen-bond acceptors (Lipinski definition) is 7. The second-order valence-electron chi connectivity index (χ2n) is 7.73. The molecule has 0 radical (unpaired) electrons. The Morgan fingerprint density at radius 2 is 1.85 bits per heavy atom. The van der Waals surface area contributed by atoms with E-state index in [1.807, 2.05) is 37.6 Å². The Balaban J connectivity index is 0.00000306. The molecule has 4 rings (SSSR count). The molecule has 1 atom stereocenters. The van der Waals surface area contributed by atoms with E-state index in [1.54, 1.807) is 7.11 Å². The summed E-state index contributed by atoms with van der Waals surface area (Å²) in [5, 5.41) is 3.56. The lowest BCUT2D eigenvalue weighted by Gasteiger charge is -2.26. The molecule has 0 bridgehead atoms. The van der Waals surface area contributed by atoms with Gasteiger partial charge in [-0.2, -0.15) is 14.9 Å². The Labute approximate surface area is 204 Å². The zero-order valence-electron chi connectivity index (χ0n) is 19.3. The fourth-order valence-electron chi connectivity index (χ4n) is 3.51. The highest BCUT2D eigenvalue weighted by Crippen LogP contribution is 2.40. The van der Waals surface area contributed by atoms with Crippen LogP contribution in [0.4, 0.5) is 11.6 Å². The second-order valence-corrected chi connectivity index (χ2v) is 9.95. The number of halogens is 1. The lowest BCUT2D eigenvalue weighted by molar-refractivity contribution is 0.312. The number of ether oxygens (including phenoxy) is 2. The van der Waals surface area contributed by atoms with Gasteiger partial charge >= 0.3 is 0 Å². The summed E-state index contributed by atoms with van der Waals surface area (Å²) in [4.78, 5) is 11.1. The van der Waals surface area contributed by atoms with E-state index in [0.717, 1.165) is 30.9 Å². The van der Waals surface area contributed by atoms with Crippen LogP contribution in [-0.2, 0) is 13.0 Å². The van der Waals surface area contributed by atoms with Crippen molar-refractivity contribution in [2.75, 3.05) is 39.3 Å². The molecule has 3 aromatic rings. The molecule has 2 aromatic carbocycles. The number of fused-ring (bicyclic) bond motifs is 1. The van der Waals surface area contributed by atoms with Crippen LogP contribution in [0.2, 0.25) is 5.02 Å². The van der Waals surface area contributed by atoms with Crippen LogP contribution in [0, 0.1) is 0 Å². The fourth-order valence-corrected chi connectivity index (χ4v) is 4.18. The second kappa shape index (κ2) is 11.3. The number of hydrogen-bond donors (Lipinski definition) is 1. The largest absolute Gasteiger partial charge is 0.495 e. The molecular weight excluding hydrogens is 478 g/mol. The summed E-state index contributed by atoms with van der Waals surface area (Å²) in [5.41, 5.74) is 3.35. The Bertz CT molecular complexity index is 1120. The Morgan fingerprint density at radius 3 is 2.58 bits per heavy atom. The van der Waals surface area contributed by atoms with E-state index in [1.165, 1.54) is 17.3 Å². The lowest BCUT2D eigenvalue weighted by Crippen LogP contribution is -2.26. The predicted molar refractivity (Wildman–Crippen MR) is 140 cm³/mol. The van der Waals surface area contributed by atoms with Gasteiger partial charge in [-0.1, -0.05) is 23.7 Å². The van der Waals surface area contributed by atoms with E-state index in [4.69, 9.17) is 25.6 Å². The minimum atomic E-state index is -0.604. The number of para-hydroxylation sites is 2. The first-order valence-electron chi connectivity index (χ1n) is 10.2. The lowest BCUT2D eigenvalue weighted by atomic mass is 9.99. The van der Waals surface area contributed by atoms with Crippen LogP contribution in [0.1, 0.15) is 11.1 Å². The molecule has 0 aliphatic carbocycles.